The number of piperidine rings is 1. The Morgan fingerprint density at radius 1 is 1.40 bits per heavy atom. The lowest BCUT2D eigenvalue weighted by Crippen LogP contribution is -2.48. The fourth-order valence-electron chi connectivity index (χ4n) is 3.36. The minimum atomic E-state index is -2.71. The van der Waals surface area contributed by atoms with Gasteiger partial charge in [0.2, 0.25) is 0 Å². The number of rotatable bonds is 3. The molecule has 0 radical (unpaired) electrons. The molecule has 0 spiro atoms. The van der Waals surface area contributed by atoms with Crippen molar-refractivity contribution in [3.05, 3.63) is 18.0 Å². The van der Waals surface area contributed by atoms with E-state index in [1.807, 2.05) is 0 Å². The Kier molecular flexibility index (Phi) is 3.45. The van der Waals surface area contributed by atoms with Gasteiger partial charge in [-0.2, -0.15) is 13.9 Å². The van der Waals surface area contributed by atoms with E-state index in [1.165, 1.54) is 18.9 Å². The van der Waals surface area contributed by atoms with Crippen LogP contribution in [0.5, 0.6) is 0 Å². The molecule has 2 bridgehead atoms. The number of aromatic nitrogens is 2. The second-order valence-corrected chi connectivity index (χ2v) is 5.65. The van der Waals surface area contributed by atoms with E-state index in [0.29, 0.717) is 16.8 Å². The van der Waals surface area contributed by atoms with Crippen molar-refractivity contribution in [1.82, 2.24) is 20.0 Å². The highest BCUT2D eigenvalue weighted by molar-refractivity contribution is 5.92. The molecular formula is C13H18F2N4O. The van der Waals surface area contributed by atoms with Crippen LogP contribution in [0.2, 0.25) is 0 Å². The Balaban J connectivity index is 1.61. The first-order chi connectivity index (χ1) is 9.54. The summed E-state index contributed by atoms with van der Waals surface area (Å²) in [7, 11) is 2.13. The smallest absolute Gasteiger partial charge is 0.333 e. The minimum absolute atomic E-state index is 0.0524. The molecule has 2 aliphatic rings. The van der Waals surface area contributed by atoms with Gasteiger partial charge < -0.3 is 10.2 Å². The van der Waals surface area contributed by atoms with Crippen molar-refractivity contribution in [3.8, 4) is 0 Å². The van der Waals surface area contributed by atoms with E-state index >= 15 is 0 Å². The molecule has 1 N–H and O–H groups in total. The topological polar surface area (TPSA) is 50.2 Å². The average Bonchev–Trinajstić information content (AvgIpc) is 2.95. The largest absolute Gasteiger partial charge is 0.348 e. The van der Waals surface area contributed by atoms with E-state index in [1.54, 1.807) is 0 Å². The van der Waals surface area contributed by atoms with E-state index < -0.39 is 6.55 Å². The summed E-state index contributed by atoms with van der Waals surface area (Å²) in [4.78, 5) is 14.4. The van der Waals surface area contributed by atoms with Gasteiger partial charge in [0.1, 0.15) is 5.69 Å². The standard InChI is InChI=1S/C13H18F2N4O/c1-18-9-2-3-10(18)7-8(6-9)16-12(20)11-4-5-19(17-11)13(14)15/h4-5,8-10,13H,2-3,6-7H2,1H3,(H,16,20)/t8?,9-,10+. The second-order valence-electron chi connectivity index (χ2n) is 5.65. The molecule has 1 aromatic rings. The fraction of sp³-hybridized carbons (Fsp3) is 0.692. The lowest BCUT2D eigenvalue weighted by atomic mass is 9.98. The highest BCUT2D eigenvalue weighted by atomic mass is 19.3. The molecule has 3 rings (SSSR count). The number of nitrogens with one attached hydrogen (secondary N) is 1. The third-order valence-electron chi connectivity index (χ3n) is 4.47. The van der Waals surface area contributed by atoms with Gasteiger partial charge in [0.05, 0.1) is 0 Å². The van der Waals surface area contributed by atoms with Crippen molar-refractivity contribution >= 4 is 5.91 Å². The van der Waals surface area contributed by atoms with Crippen molar-refractivity contribution in [1.29, 1.82) is 0 Å². The Hall–Kier alpha value is -1.50. The Morgan fingerprint density at radius 2 is 2.05 bits per heavy atom. The maximum Gasteiger partial charge on any atom is 0.333 e. The van der Waals surface area contributed by atoms with Gasteiger partial charge in [-0.3, -0.25) is 4.79 Å². The molecule has 3 heterocycles. The molecule has 2 aliphatic heterocycles. The average molecular weight is 284 g/mol. The molecule has 0 aliphatic carbocycles. The number of carbonyl (C=O) groups is 1. The molecule has 0 aromatic carbocycles. The molecule has 2 fully saturated rings. The van der Waals surface area contributed by atoms with E-state index in [2.05, 4.69) is 22.4 Å². The van der Waals surface area contributed by atoms with Crippen molar-refractivity contribution in [2.24, 2.45) is 0 Å². The zero-order valence-electron chi connectivity index (χ0n) is 11.3. The van der Waals surface area contributed by atoms with Crippen molar-refractivity contribution in [3.63, 3.8) is 0 Å². The summed E-state index contributed by atoms with van der Waals surface area (Å²) in [5, 5.41) is 6.51. The van der Waals surface area contributed by atoms with Gasteiger partial charge in [-0.15, -0.1) is 0 Å². The molecule has 5 nitrogen and oxygen atoms in total. The first-order valence-electron chi connectivity index (χ1n) is 6.90. The van der Waals surface area contributed by atoms with E-state index in [0.717, 1.165) is 19.0 Å². The van der Waals surface area contributed by atoms with Crippen molar-refractivity contribution < 1.29 is 13.6 Å². The lowest BCUT2D eigenvalue weighted by Gasteiger charge is -2.36. The number of halogens is 2. The van der Waals surface area contributed by atoms with E-state index in [-0.39, 0.29) is 17.6 Å². The monoisotopic (exact) mass is 284 g/mol. The number of carbonyl (C=O) groups excluding carboxylic acids is 1. The van der Waals surface area contributed by atoms with Gasteiger partial charge in [-0.05, 0) is 38.8 Å². The predicted molar refractivity (Wildman–Crippen MR) is 68.5 cm³/mol. The number of hydrogen-bond acceptors (Lipinski definition) is 3. The van der Waals surface area contributed by atoms with Crippen LogP contribution >= 0.6 is 0 Å². The Bertz CT molecular complexity index is 490. The Morgan fingerprint density at radius 3 is 2.60 bits per heavy atom. The van der Waals surface area contributed by atoms with Gasteiger partial charge in [0.25, 0.3) is 5.91 Å². The van der Waals surface area contributed by atoms with Gasteiger partial charge in [0, 0.05) is 24.3 Å². The van der Waals surface area contributed by atoms with Gasteiger partial charge in [-0.1, -0.05) is 0 Å². The lowest BCUT2D eigenvalue weighted by molar-refractivity contribution is 0.0558. The summed E-state index contributed by atoms with van der Waals surface area (Å²) >= 11 is 0. The summed E-state index contributed by atoms with van der Waals surface area (Å²) in [6, 6.07) is 2.49. The highest BCUT2D eigenvalue weighted by Crippen LogP contribution is 2.34. The molecule has 2 saturated heterocycles. The highest BCUT2D eigenvalue weighted by Gasteiger charge is 2.38. The van der Waals surface area contributed by atoms with Crippen molar-refractivity contribution in [2.45, 2.75) is 50.4 Å². The molecule has 3 atom stereocenters. The van der Waals surface area contributed by atoms with Gasteiger partial charge >= 0.3 is 6.55 Å². The molecule has 7 heteroatoms. The third kappa shape index (κ3) is 2.42. The third-order valence-corrected chi connectivity index (χ3v) is 4.47. The first-order valence-corrected chi connectivity index (χ1v) is 6.90. The van der Waals surface area contributed by atoms with E-state index in [4.69, 9.17) is 0 Å². The SMILES string of the molecule is CN1[C@@H]2CC[C@H]1CC(NC(=O)c1ccn(C(F)F)n1)C2. The second kappa shape index (κ2) is 5.12. The van der Waals surface area contributed by atoms with Crippen LogP contribution in [0, 0.1) is 0 Å². The fourth-order valence-corrected chi connectivity index (χ4v) is 3.36. The number of fused-ring (bicyclic) bond motifs is 2. The van der Waals surface area contributed by atoms with Crippen LogP contribution in [0.3, 0.4) is 0 Å². The number of hydrogen-bond donors (Lipinski definition) is 1. The van der Waals surface area contributed by atoms with E-state index in [9.17, 15) is 13.6 Å². The summed E-state index contributed by atoms with van der Waals surface area (Å²) in [6.45, 7) is -2.71. The first kappa shape index (κ1) is 13.5. The van der Waals surface area contributed by atoms with Crippen LogP contribution < -0.4 is 5.32 Å². The molecule has 110 valence electrons. The number of nitrogens with zero attached hydrogens (tertiary/aromatic N) is 3. The Labute approximate surface area is 115 Å². The zero-order valence-corrected chi connectivity index (χ0v) is 11.3. The molecule has 1 amide bonds. The quantitative estimate of drug-likeness (QED) is 0.918. The molecule has 1 unspecified atom stereocenters. The molecule has 20 heavy (non-hydrogen) atoms. The predicted octanol–water partition coefficient (Wildman–Crippen LogP) is 1.63. The molecule has 1 aromatic heterocycles. The summed E-state index contributed by atoms with van der Waals surface area (Å²) < 4.78 is 25.3. The van der Waals surface area contributed by atoms with Crippen LogP contribution in [0.4, 0.5) is 8.78 Å². The summed E-state index contributed by atoms with van der Waals surface area (Å²) in [5.41, 5.74) is 0.0524. The summed E-state index contributed by atoms with van der Waals surface area (Å²) in [6.07, 6.45) is 5.32. The molecule has 0 saturated carbocycles. The number of amides is 1. The minimum Gasteiger partial charge on any atom is -0.348 e. The maximum atomic E-state index is 12.4. The maximum absolute atomic E-state index is 12.4. The van der Waals surface area contributed by atoms with Crippen LogP contribution in [0.1, 0.15) is 42.7 Å². The van der Waals surface area contributed by atoms with Crippen molar-refractivity contribution in [2.75, 3.05) is 7.05 Å². The zero-order chi connectivity index (χ0) is 14.3. The van der Waals surface area contributed by atoms with Crippen LogP contribution in [0.15, 0.2) is 12.3 Å². The van der Waals surface area contributed by atoms with Crippen LogP contribution in [-0.4, -0.2) is 45.8 Å². The van der Waals surface area contributed by atoms with Crippen LogP contribution in [-0.2, 0) is 0 Å². The molecular weight excluding hydrogens is 266 g/mol. The summed E-state index contributed by atoms with van der Waals surface area (Å²) in [5.74, 6) is -0.363. The number of alkyl halides is 2. The van der Waals surface area contributed by atoms with Gasteiger partial charge in [0.15, 0.2) is 0 Å². The normalized spacial score (nSPS) is 29.9. The van der Waals surface area contributed by atoms with Crippen LogP contribution in [0.25, 0.3) is 0 Å². The van der Waals surface area contributed by atoms with Gasteiger partial charge in [-0.25, -0.2) is 4.68 Å².